The number of aliphatic hydroxyl groups excluding tert-OH is 1. The Bertz CT molecular complexity index is 419. The minimum atomic E-state index is -1.41. The highest BCUT2D eigenvalue weighted by Crippen LogP contribution is 2.40. The Morgan fingerprint density at radius 3 is 2.29 bits per heavy atom. The second-order valence-electron chi connectivity index (χ2n) is 3.13. The third-order valence-electron chi connectivity index (χ3n) is 2.22. The lowest BCUT2D eigenvalue weighted by Gasteiger charge is -2.16. The van der Waals surface area contributed by atoms with Gasteiger partial charge < -0.3 is 19.3 Å². The van der Waals surface area contributed by atoms with Gasteiger partial charge in [-0.3, -0.25) is 0 Å². The molecule has 17 heavy (non-hydrogen) atoms. The number of carbonyl (C=O) groups excluding carboxylic acids is 1. The summed E-state index contributed by atoms with van der Waals surface area (Å²) < 4.78 is 15.4. The van der Waals surface area contributed by atoms with E-state index in [-0.39, 0.29) is 0 Å². The van der Waals surface area contributed by atoms with E-state index < -0.39 is 12.1 Å². The number of hydrogen-bond acceptors (Lipinski definition) is 5. The Hall–Kier alpha value is -1.27. The fraction of sp³-hybridized carbons (Fsp3) is 0.364. The van der Waals surface area contributed by atoms with Crippen LogP contribution in [0.25, 0.3) is 0 Å². The van der Waals surface area contributed by atoms with Crippen LogP contribution in [0.4, 0.5) is 0 Å². The Morgan fingerprint density at radius 1 is 1.24 bits per heavy atom. The molecule has 1 aromatic carbocycles. The highest BCUT2D eigenvalue weighted by molar-refractivity contribution is 9.10. The first-order valence-corrected chi connectivity index (χ1v) is 5.52. The van der Waals surface area contributed by atoms with Gasteiger partial charge >= 0.3 is 5.97 Å². The van der Waals surface area contributed by atoms with Crippen LogP contribution in [-0.4, -0.2) is 32.4 Å². The average molecular weight is 305 g/mol. The first-order chi connectivity index (χ1) is 8.06. The molecule has 0 aromatic heterocycles. The predicted molar refractivity (Wildman–Crippen MR) is 64.2 cm³/mol. The van der Waals surface area contributed by atoms with Crippen molar-refractivity contribution in [2.75, 3.05) is 21.3 Å². The predicted octanol–water partition coefficient (Wildman–Crippen LogP) is 1.67. The van der Waals surface area contributed by atoms with Crippen molar-refractivity contribution in [1.29, 1.82) is 0 Å². The molecule has 1 N–H and O–H groups in total. The number of aliphatic hydroxyl groups is 1. The van der Waals surface area contributed by atoms with E-state index in [1.165, 1.54) is 21.3 Å². The van der Waals surface area contributed by atoms with E-state index in [2.05, 4.69) is 20.7 Å². The maximum absolute atomic E-state index is 11.3. The molecule has 1 atom stereocenters. The molecule has 0 heterocycles. The fourth-order valence-electron chi connectivity index (χ4n) is 1.41. The molecular formula is C11H13BrO5. The normalized spacial score (nSPS) is 11.8. The fourth-order valence-corrected chi connectivity index (χ4v) is 1.88. The molecule has 1 rings (SSSR count). The summed E-state index contributed by atoms with van der Waals surface area (Å²) in [5.41, 5.74) is 0.291. The van der Waals surface area contributed by atoms with Crippen molar-refractivity contribution < 1.29 is 24.1 Å². The molecule has 0 aliphatic carbocycles. The molecule has 0 amide bonds. The van der Waals surface area contributed by atoms with Gasteiger partial charge in [0.15, 0.2) is 17.6 Å². The van der Waals surface area contributed by atoms with Gasteiger partial charge in [0, 0.05) is 5.56 Å². The van der Waals surface area contributed by atoms with E-state index >= 15 is 0 Å². The van der Waals surface area contributed by atoms with Crippen molar-refractivity contribution in [2.45, 2.75) is 6.10 Å². The second-order valence-corrected chi connectivity index (χ2v) is 3.98. The van der Waals surface area contributed by atoms with E-state index in [1.807, 2.05) is 0 Å². The number of benzene rings is 1. The third-order valence-corrected chi connectivity index (χ3v) is 2.85. The minimum absolute atomic E-state index is 0.291. The topological polar surface area (TPSA) is 65.0 Å². The van der Waals surface area contributed by atoms with Crippen molar-refractivity contribution in [2.24, 2.45) is 0 Å². The molecular weight excluding hydrogens is 292 g/mol. The molecule has 0 aliphatic heterocycles. The molecule has 1 aromatic rings. The zero-order chi connectivity index (χ0) is 13.0. The maximum Gasteiger partial charge on any atom is 0.339 e. The molecule has 5 nitrogen and oxygen atoms in total. The zero-order valence-electron chi connectivity index (χ0n) is 9.69. The van der Waals surface area contributed by atoms with Crippen molar-refractivity contribution in [1.82, 2.24) is 0 Å². The third kappa shape index (κ3) is 2.70. The largest absolute Gasteiger partial charge is 0.492 e. The number of ether oxygens (including phenoxy) is 3. The molecule has 0 fully saturated rings. The molecule has 0 spiro atoms. The first kappa shape index (κ1) is 13.8. The number of carbonyl (C=O) groups is 1. The Labute approximate surface area is 107 Å². The molecule has 6 heteroatoms. The number of halogens is 1. The van der Waals surface area contributed by atoms with E-state index in [0.717, 1.165) is 0 Å². The van der Waals surface area contributed by atoms with Gasteiger partial charge in [-0.05, 0) is 22.0 Å². The molecule has 94 valence electrons. The monoisotopic (exact) mass is 304 g/mol. The van der Waals surface area contributed by atoms with Gasteiger partial charge in [-0.25, -0.2) is 4.79 Å². The van der Waals surface area contributed by atoms with Gasteiger partial charge in [0.1, 0.15) is 0 Å². The van der Waals surface area contributed by atoms with Crippen LogP contribution in [0.3, 0.4) is 0 Å². The quantitative estimate of drug-likeness (QED) is 0.857. The molecule has 0 bridgehead atoms. The van der Waals surface area contributed by atoms with Crippen LogP contribution in [0.1, 0.15) is 11.7 Å². The Kier molecular flexibility index (Phi) is 4.77. The van der Waals surface area contributed by atoms with E-state index in [4.69, 9.17) is 9.47 Å². The van der Waals surface area contributed by atoms with Crippen molar-refractivity contribution in [3.63, 3.8) is 0 Å². The summed E-state index contributed by atoms with van der Waals surface area (Å²) in [7, 11) is 4.10. The molecule has 0 radical (unpaired) electrons. The summed E-state index contributed by atoms with van der Waals surface area (Å²) in [6.07, 6.45) is -1.41. The van der Waals surface area contributed by atoms with E-state index in [9.17, 15) is 9.90 Å². The number of esters is 1. The second kappa shape index (κ2) is 5.88. The van der Waals surface area contributed by atoms with Crippen LogP contribution in [0, 0.1) is 0 Å². The summed E-state index contributed by atoms with van der Waals surface area (Å²) in [6, 6.07) is 3.22. The SMILES string of the molecule is COC(=O)C(O)c1ccc(Br)c(OC)c1OC. The molecule has 1 unspecified atom stereocenters. The van der Waals surface area contributed by atoms with Gasteiger partial charge in [-0.15, -0.1) is 0 Å². The first-order valence-electron chi connectivity index (χ1n) is 4.73. The van der Waals surface area contributed by atoms with E-state index in [1.54, 1.807) is 12.1 Å². The van der Waals surface area contributed by atoms with Crippen LogP contribution >= 0.6 is 15.9 Å². The maximum atomic E-state index is 11.3. The molecule has 0 saturated carbocycles. The van der Waals surface area contributed by atoms with Gasteiger partial charge in [0.05, 0.1) is 25.8 Å². The lowest BCUT2D eigenvalue weighted by molar-refractivity contribution is -0.150. The highest BCUT2D eigenvalue weighted by Gasteiger charge is 2.25. The minimum Gasteiger partial charge on any atom is -0.492 e. The van der Waals surface area contributed by atoms with Gasteiger partial charge in [-0.1, -0.05) is 6.07 Å². The molecule has 0 saturated heterocycles. The lowest BCUT2D eigenvalue weighted by Crippen LogP contribution is -2.14. The Morgan fingerprint density at radius 2 is 1.82 bits per heavy atom. The van der Waals surface area contributed by atoms with Crippen molar-refractivity contribution in [3.8, 4) is 11.5 Å². The standard InChI is InChI=1S/C11H13BrO5/c1-15-9-6(8(13)11(14)17-3)4-5-7(12)10(9)16-2/h4-5,8,13H,1-3H3. The van der Waals surface area contributed by atoms with Crippen LogP contribution in [0.5, 0.6) is 11.5 Å². The smallest absolute Gasteiger partial charge is 0.339 e. The number of hydrogen-bond donors (Lipinski definition) is 1. The molecule has 0 aliphatic rings. The van der Waals surface area contributed by atoms with Crippen LogP contribution in [0.15, 0.2) is 16.6 Å². The van der Waals surface area contributed by atoms with Gasteiger partial charge in [-0.2, -0.15) is 0 Å². The highest BCUT2D eigenvalue weighted by atomic mass is 79.9. The number of rotatable bonds is 4. The summed E-state index contributed by atoms with van der Waals surface area (Å²) in [6.45, 7) is 0. The van der Waals surface area contributed by atoms with Gasteiger partial charge in [0.2, 0.25) is 0 Å². The van der Waals surface area contributed by atoms with Gasteiger partial charge in [0.25, 0.3) is 0 Å². The van der Waals surface area contributed by atoms with Crippen molar-refractivity contribution in [3.05, 3.63) is 22.2 Å². The summed E-state index contributed by atoms with van der Waals surface area (Å²) in [5.74, 6) is -0.0552. The van der Waals surface area contributed by atoms with Crippen LogP contribution in [-0.2, 0) is 9.53 Å². The van der Waals surface area contributed by atoms with Crippen LogP contribution in [0.2, 0.25) is 0 Å². The lowest BCUT2D eigenvalue weighted by atomic mass is 10.1. The van der Waals surface area contributed by atoms with Crippen molar-refractivity contribution >= 4 is 21.9 Å². The Balaban J connectivity index is 3.29. The van der Waals surface area contributed by atoms with Crippen LogP contribution < -0.4 is 9.47 Å². The van der Waals surface area contributed by atoms with E-state index in [0.29, 0.717) is 21.5 Å². The number of methoxy groups -OCH3 is 3. The zero-order valence-corrected chi connectivity index (χ0v) is 11.3. The summed E-state index contributed by atoms with van der Waals surface area (Å²) >= 11 is 3.28. The average Bonchev–Trinajstić information content (AvgIpc) is 2.36. The summed E-state index contributed by atoms with van der Waals surface area (Å²) in [4.78, 5) is 11.3. The summed E-state index contributed by atoms with van der Waals surface area (Å²) in [5, 5.41) is 9.79.